The second-order valence-electron chi connectivity index (χ2n) is 5.82. The minimum Gasteiger partial charge on any atom is -0.335 e. The minimum atomic E-state index is -0.121. The lowest BCUT2D eigenvalue weighted by molar-refractivity contribution is 0.247. The van der Waals surface area contributed by atoms with E-state index in [0.717, 1.165) is 24.9 Å². The first-order chi connectivity index (χ1) is 10.7. The van der Waals surface area contributed by atoms with Crippen LogP contribution in [0.4, 0.5) is 10.5 Å². The summed E-state index contributed by atoms with van der Waals surface area (Å²) in [6.07, 6.45) is 2.84. The molecule has 1 aliphatic rings. The fourth-order valence-corrected chi connectivity index (χ4v) is 3.07. The van der Waals surface area contributed by atoms with Crippen molar-refractivity contribution in [2.24, 2.45) is 0 Å². The Morgan fingerprint density at radius 3 is 2.55 bits per heavy atom. The normalized spacial score (nSPS) is 12.0. The number of carbonyl (C=O) groups is 1. The molecule has 0 atom stereocenters. The average molecular weight is 294 g/mol. The standard InChI is InChI=1S/C19H22N2O/c1-3-15(4-2)20-19(22)21-16-9-10-18-14(12-16)11-13-7-5-6-8-17(13)18/h5-10,12,15H,3-4,11H2,1-2H3,(H2,20,21,22). The summed E-state index contributed by atoms with van der Waals surface area (Å²) in [7, 11) is 0. The number of amides is 2. The van der Waals surface area contributed by atoms with Crippen LogP contribution in [0.15, 0.2) is 42.5 Å². The van der Waals surface area contributed by atoms with Gasteiger partial charge in [-0.2, -0.15) is 0 Å². The zero-order valence-corrected chi connectivity index (χ0v) is 13.1. The number of anilines is 1. The van der Waals surface area contributed by atoms with Gasteiger partial charge in [-0.25, -0.2) is 4.79 Å². The Kier molecular flexibility index (Phi) is 4.14. The van der Waals surface area contributed by atoms with Crippen LogP contribution in [0.3, 0.4) is 0 Å². The van der Waals surface area contributed by atoms with E-state index >= 15 is 0 Å². The average Bonchev–Trinajstić information content (AvgIpc) is 2.90. The van der Waals surface area contributed by atoms with E-state index in [1.807, 2.05) is 6.07 Å². The fraction of sp³-hybridized carbons (Fsp3) is 0.316. The molecule has 0 saturated carbocycles. The molecular formula is C19H22N2O. The number of carbonyl (C=O) groups excluding carboxylic acids is 1. The highest BCUT2D eigenvalue weighted by Gasteiger charge is 2.18. The van der Waals surface area contributed by atoms with Gasteiger partial charge in [0.15, 0.2) is 0 Å². The van der Waals surface area contributed by atoms with Crippen molar-refractivity contribution in [2.45, 2.75) is 39.2 Å². The molecule has 0 heterocycles. The molecule has 0 aromatic heterocycles. The molecule has 2 aromatic rings. The van der Waals surface area contributed by atoms with E-state index < -0.39 is 0 Å². The third kappa shape index (κ3) is 2.84. The highest BCUT2D eigenvalue weighted by Crippen LogP contribution is 2.37. The SMILES string of the molecule is CCC(CC)NC(=O)Nc1ccc2c(c1)Cc1ccccc1-2. The predicted octanol–water partition coefficient (Wildman–Crippen LogP) is 4.57. The Morgan fingerprint density at radius 2 is 1.77 bits per heavy atom. The van der Waals surface area contributed by atoms with E-state index in [1.165, 1.54) is 22.3 Å². The van der Waals surface area contributed by atoms with Gasteiger partial charge in [0.1, 0.15) is 0 Å². The largest absolute Gasteiger partial charge is 0.335 e. The van der Waals surface area contributed by atoms with Gasteiger partial charge in [0.25, 0.3) is 0 Å². The molecule has 114 valence electrons. The summed E-state index contributed by atoms with van der Waals surface area (Å²) >= 11 is 0. The van der Waals surface area contributed by atoms with Crippen LogP contribution < -0.4 is 10.6 Å². The first kappa shape index (κ1) is 14.6. The van der Waals surface area contributed by atoms with E-state index in [0.29, 0.717) is 0 Å². The minimum absolute atomic E-state index is 0.121. The maximum atomic E-state index is 12.0. The van der Waals surface area contributed by atoms with E-state index in [9.17, 15) is 4.79 Å². The number of rotatable bonds is 4. The Morgan fingerprint density at radius 1 is 1.05 bits per heavy atom. The summed E-state index contributed by atoms with van der Waals surface area (Å²) in [5, 5.41) is 5.95. The lowest BCUT2D eigenvalue weighted by Crippen LogP contribution is -2.37. The molecule has 0 unspecified atom stereocenters. The maximum absolute atomic E-state index is 12.0. The molecule has 2 N–H and O–H groups in total. The molecule has 0 fully saturated rings. The Balaban J connectivity index is 1.73. The van der Waals surface area contributed by atoms with Crippen LogP contribution in [0, 0.1) is 0 Å². The first-order valence-electron chi connectivity index (χ1n) is 8.00. The van der Waals surface area contributed by atoms with E-state index in [2.05, 4.69) is 60.9 Å². The van der Waals surface area contributed by atoms with Crippen molar-refractivity contribution in [3.8, 4) is 11.1 Å². The molecule has 3 heteroatoms. The van der Waals surface area contributed by atoms with E-state index in [4.69, 9.17) is 0 Å². The first-order valence-corrected chi connectivity index (χ1v) is 8.00. The van der Waals surface area contributed by atoms with E-state index in [-0.39, 0.29) is 12.1 Å². The van der Waals surface area contributed by atoms with Crippen LogP contribution in [0.2, 0.25) is 0 Å². The summed E-state index contributed by atoms with van der Waals surface area (Å²) in [6, 6.07) is 14.8. The third-order valence-electron chi connectivity index (χ3n) is 4.37. The van der Waals surface area contributed by atoms with Crippen molar-refractivity contribution < 1.29 is 4.79 Å². The number of hydrogen-bond donors (Lipinski definition) is 2. The lowest BCUT2D eigenvalue weighted by atomic mass is 10.1. The van der Waals surface area contributed by atoms with Crippen molar-refractivity contribution in [2.75, 3.05) is 5.32 Å². The molecule has 0 aliphatic heterocycles. The number of benzene rings is 2. The predicted molar refractivity (Wildman–Crippen MR) is 91.2 cm³/mol. The number of fused-ring (bicyclic) bond motifs is 3. The summed E-state index contributed by atoms with van der Waals surface area (Å²) < 4.78 is 0. The van der Waals surface area contributed by atoms with Crippen molar-refractivity contribution in [1.29, 1.82) is 0 Å². The van der Waals surface area contributed by atoms with Crippen molar-refractivity contribution >= 4 is 11.7 Å². The molecular weight excluding hydrogens is 272 g/mol. The second-order valence-corrected chi connectivity index (χ2v) is 5.82. The molecule has 22 heavy (non-hydrogen) atoms. The summed E-state index contributed by atoms with van der Waals surface area (Å²) in [5.41, 5.74) is 6.08. The molecule has 1 aliphatic carbocycles. The highest BCUT2D eigenvalue weighted by atomic mass is 16.2. The quantitative estimate of drug-likeness (QED) is 0.727. The molecule has 0 bridgehead atoms. The van der Waals surface area contributed by atoms with Crippen LogP contribution in [-0.4, -0.2) is 12.1 Å². The Hall–Kier alpha value is -2.29. The van der Waals surface area contributed by atoms with Gasteiger partial charge >= 0.3 is 6.03 Å². The van der Waals surface area contributed by atoms with Gasteiger partial charge in [0, 0.05) is 11.7 Å². The number of hydrogen-bond acceptors (Lipinski definition) is 1. The second kappa shape index (κ2) is 6.22. The van der Waals surface area contributed by atoms with Gasteiger partial charge in [0.2, 0.25) is 0 Å². The van der Waals surface area contributed by atoms with E-state index in [1.54, 1.807) is 0 Å². The Labute approximate surface area is 131 Å². The maximum Gasteiger partial charge on any atom is 0.319 e. The van der Waals surface area contributed by atoms with Crippen LogP contribution in [0.1, 0.15) is 37.8 Å². The van der Waals surface area contributed by atoms with Gasteiger partial charge in [0.05, 0.1) is 0 Å². The van der Waals surface area contributed by atoms with Crippen LogP contribution in [0.25, 0.3) is 11.1 Å². The number of urea groups is 1. The third-order valence-corrected chi connectivity index (χ3v) is 4.37. The topological polar surface area (TPSA) is 41.1 Å². The highest BCUT2D eigenvalue weighted by molar-refractivity contribution is 5.90. The van der Waals surface area contributed by atoms with Gasteiger partial charge in [-0.3, -0.25) is 0 Å². The van der Waals surface area contributed by atoms with Crippen LogP contribution in [-0.2, 0) is 6.42 Å². The number of nitrogens with one attached hydrogen (secondary N) is 2. The fourth-order valence-electron chi connectivity index (χ4n) is 3.07. The smallest absolute Gasteiger partial charge is 0.319 e. The van der Waals surface area contributed by atoms with Crippen molar-refractivity contribution in [3.05, 3.63) is 53.6 Å². The van der Waals surface area contributed by atoms with Crippen LogP contribution >= 0.6 is 0 Å². The lowest BCUT2D eigenvalue weighted by Gasteiger charge is -2.15. The van der Waals surface area contributed by atoms with Crippen molar-refractivity contribution in [3.63, 3.8) is 0 Å². The Bertz CT molecular complexity index is 690. The summed E-state index contributed by atoms with van der Waals surface area (Å²) in [6.45, 7) is 4.17. The molecule has 2 aromatic carbocycles. The summed E-state index contributed by atoms with van der Waals surface area (Å²) in [5.74, 6) is 0. The van der Waals surface area contributed by atoms with Crippen LogP contribution in [0.5, 0.6) is 0 Å². The van der Waals surface area contributed by atoms with Gasteiger partial charge in [-0.1, -0.05) is 44.2 Å². The summed E-state index contributed by atoms with van der Waals surface area (Å²) in [4.78, 5) is 12.0. The van der Waals surface area contributed by atoms with Crippen molar-refractivity contribution in [1.82, 2.24) is 5.32 Å². The van der Waals surface area contributed by atoms with Gasteiger partial charge < -0.3 is 10.6 Å². The van der Waals surface area contributed by atoms with Gasteiger partial charge in [-0.05, 0) is 53.6 Å². The molecule has 2 amide bonds. The monoisotopic (exact) mass is 294 g/mol. The van der Waals surface area contributed by atoms with Gasteiger partial charge in [-0.15, -0.1) is 0 Å². The zero-order chi connectivity index (χ0) is 15.5. The molecule has 3 nitrogen and oxygen atoms in total. The molecule has 0 radical (unpaired) electrons. The molecule has 3 rings (SSSR count). The zero-order valence-electron chi connectivity index (χ0n) is 13.1. The molecule has 0 spiro atoms. The molecule has 0 saturated heterocycles.